The van der Waals surface area contributed by atoms with Crippen LogP contribution in [0.3, 0.4) is 0 Å². The molecule has 7 heteroatoms. The minimum Gasteiger partial charge on any atom is -0.486 e. The van der Waals surface area contributed by atoms with Crippen molar-refractivity contribution in [2.75, 3.05) is 26.9 Å². The number of nitrogens with zero attached hydrogens (tertiary/aromatic N) is 1. The lowest BCUT2D eigenvalue weighted by Crippen LogP contribution is -2.41. The molecule has 0 unspecified atom stereocenters. The van der Waals surface area contributed by atoms with Crippen molar-refractivity contribution in [3.05, 3.63) is 53.6 Å². The maximum Gasteiger partial charge on any atom is 0.341 e. The monoisotopic (exact) mass is 399 g/mol. The van der Waals surface area contributed by atoms with Crippen molar-refractivity contribution in [2.24, 2.45) is 0 Å². The Kier molecular flexibility index (Phi) is 5.96. The van der Waals surface area contributed by atoms with Crippen LogP contribution in [0.15, 0.2) is 42.5 Å². The SMILES string of the molecule is CN(Cc1ccc(OCC(=O)O)cc1)C(=O)C(C)(C)c1ccc2c(c1)OCCO2. The average Bonchev–Trinajstić information content (AvgIpc) is 2.72. The molecule has 0 saturated carbocycles. The van der Waals surface area contributed by atoms with E-state index in [1.807, 2.05) is 44.2 Å². The molecule has 0 atom stereocenters. The highest BCUT2D eigenvalue weighted by molar-refractivity contribution is 5.87. The van der Waals surface area contributed by atoms with Gasteiger partial charge in [-0.25, -0.2) is 4.79 Å². The van der Waals surface area contributed by atoms with E-state index < -0.39 is 11.4 Å². The summed E-state index contributed by atoms with van der Waals surface area (Å²) in [6.07, 6.45) is 0. The number of ether oxygens (including phenoxy) is 3. The van der Waals surface area contributed by atoms with Crippen molar-refractivity contribution in [3.8, 4) is 17.2 Å². The highest BCUT2D eigenvalue weighted by atomic mass is 16.6. The number of hydrogen-bond acceptors (Lipinski definition) is 5. The molecule has 3 rings (SSSR count). The number of amides is 1. The first-order valence-corrected chi connectivity index (χ1v) is 9.36. The first-order chi connectivity index (χ1) is 13.8. The summed E-state index contributed by atoms with van der Waals surface area (Å²) in [5.74, 6) is 0.777. The van der Waals surface area contributed by atoms with E-state index in [9.17, 15) is 9.59 Å². The van der Waals surface area contributed by atoms with Crippen LogP contribution in [0.5, 0.6) is 17.2 Å². The van der Waals surface area contributed by atoms with Crippen LogP contribution >= 0.6 is 0 Å². The lowest BCUT2D eigenvalue weighted by atomic mass is 9.83. The molecule has 7 nitrogen and oxygen atoms in total. The molecule has 0 bridgehead atoms. The zero-order chi connectivity index (χ0) is 21.0. The van der Waals surface area contributed by atoms with Crippen LogP contribution in [0.25, 0.3) is 0 Å². The third-order valence-electron chi connectivity index (χ3n) is 4.85. The third-order valence-corrected chi connectivity index (χ3v) is 4.85. The summed E-state index contributed by atoms with van der Waals surface area (Å²) in [7, 11) is 1.76. The quantitative estimate of drug-likeness (QED) is 0.771. The van der Waals surface area contributed by atoms with Crippen molar-refractivity contribution >= 4 is 11.9 Å². The number of carboxylic acids is 1. The molecule has 1 N–H and O–H groups in total. The van der Waals surface area contributed by atoms with Crippen LogP contribution in [0, 0.1) is 0 Å². The van der Waals surface area contributed by atoms with E-state index in [4.69, 9.17) is 19.3 Å². The minimum atomic E-state index is -1.03. The van der Waals surface area contributed by atoms with Gasteiger partial charge < -0.3 is 24.2 Å². The average molecular weight is 399 g/mol. The lowest BCUT2D eigenvalue weighted by Gasteiger charge is -2.31. The van der Waals surface area contributed by atoms with Gasteiger partial charge in [0.15, 0.2) is 18.1 Å². The first-order valence-electron chi connectivity index (χ1n) is 9.36. The van der Waals surface area contributed by atoms with Gasteiger partial charge in [-0.1, -0.05) is 18.2 Å². The predicted molar refractivity (Wildman–Crippen MR) is 107 cm³/mol. The minimum absolute atomic E-state index is 0.0274. The number of rotatable bonds is 7. The second-order valence-corrected chi connectivity index (χ2v) is 7.47. The van der Waals surface area contributed by atoms with E-state index in [1.165, 1.54) is 0 Å². The molecule has 2 aromatic carbocycles. The van der Waals surface area contributed by atoms with Gasteiger partial charge in [-0.05, 0) is 49.2 Å². The number of carboxylic acid groups (broad SMARTS) is 1. The van der Waals surface area contributed by atoms with Gasteiger partial charge in [0.05, 0.1) is 5.41 Å². The van der Waals surface area contributed by atoms with Gasteiger partial charge in [0.1, 0.15) is 19.0 Å². The summed E-state index contributed by atoms with van der Waals surface area (Å²) in [5, 5.41) is 8.66. The number of benzene rings is 2. The topological polar surface area (TPSA) is 85.3 Å². The Bertz CT molecular complexity index is 891. The summed E-state index contributed by atoms with van der Waals surface area (Å²) in [5.41, 5.74) is 1.03. The smallest absolute Gasteiger partial charge is 0.341 e. The Balaban J connectivity index is 1.67. The molecule has 0 radical (unpaired) electrons. The Labute approximate surface area is 169 Å². The number of fused-ring (bicyclic) bond motifs is 1. The maximum atomic E-state index is 13.1. The van der Waals surface area contributed by atoms with E-state index >= 15 is 0 Å². The van der Waals surface area contributed by atoms with E-state index in [0.717, 1.165) is 11.1 Å². The summed E-state index contributed by atoms with van der Waals surface area (Å²) in [4.78, 5) is 25.4. The summed E-state index contributed by atoms with van der Waals surface area (Å²) in [6.45, 7) is 4.84. The standard InChI is InChI=1S/C22H25NO6/c1-22(2,16-6-9-18-19(12-16)28-11-10-27-18)21(26)23(3)13-15-4-7-17(8-5-15)29-14-20(24)25/h4-9,12H,10-11,13-14H2,1-3H3,(H,24,25). The molecule has 29 heavy (non-hydrogen) atoms. The number of aliphatic carboxylic acids is 1. The Morgan fingerprint density at radius 3 is 2.38 bits per heavy atom. The van der Waals surface area contributed by atoms with Crippen LogP contribution in [-0.2, 0) is 21.5 Å². The molecular formula is C22H25NO6. The second-order valence-electron chi connectivity index (χ2n) is 7.47. The molecule has 0 fully saturated rings. The molecule has 0 aliphatic carbocycles. The molecule has 154 valence electrons. The molecule has 0 aromatic heterocycles. The van der Waals surface area contributed by atoms with E-state index in [0.29, 0.717) is 37.0 Å². The van der Waals surface area contributed by atoms with Crippen molar-refractivity contribution in [1.29, 1.82) is 0 Å². The lowest BCUT2D eigenvalue weighted by molar-refractivity contribution is -0.139. The first kappa shape index (κ1) is 20.5. The van der Waals surface area contributed by atoms with Gasteiger partial charge in [-0.2, -0.15) is 0 Å². The van der Waals surface area contributed by atoms with Crippen LogP contribution < -0.4 is 14.2 Å². The highest BCUT2D eigenvalue weighted by Crippen LogP contribution is 2.36. The van der Waals surface area contributed by atoms with E-state index in [1.54, 1.807) is 24.1 Å². The molecule has 1 amide bonds. The summed E-state index contributed by atoms with van der Waals surface area (Å²) in [6, 6.07) is 12.6. The van der Waals surface area contributed by atoms with E-state index in [-0.39, 0.29) is 12.5 Å². The Morgan fingerprint density at radius 2 is 1.72 bits per heavy atom. The largest absolute Gasteiger partial charge is 0.486 e. The fraction of sp³-hybridized carbons (Fsp3) is 0.364. The van der Waals surface area contributed by atoms with Crippen molar-refractivity contribution < 1.29 is 28.9 Å². The van der Waals surface area contributed by atoms with Crippen molar-refractivity contribution in [1.82, 2.24) is 4.90 Å². The number of carbonyl (C=O) groups is 2. The molecular weight excluding hydrogens is 374 g/mol. The van der Waals surface area contributed by atoms with Crippen LogP contribution in [0.4, 0.5) is 0 Å². The molecule has 2 aromatic rings. The number of hydrogen-bond donors (Lipinski definition) is 1. The second kappa shape index (κ2) is 8.43. The van der Waals surface area contributed by atoms with Gasteiger partial charge in [-0.15, -0.1) is 0 Å². The zero-order valence-corrected chi connectivity index (χ0v) is 16.8. The zero-order valence-electron chi connectivity index (χ0n) is 16.8. The normalized spacial score (nSPS) is 12.9. The maximum absolute atomic E-state index is 13.1. The fourth-order valence-corrected chi connectivity index (χ4v) is 3.21. The van der Waals surface area contributed by atoms with Crippen LogP contribution in [0.1, 0.15) is 25.0 Å². The van der Waals surface area contributed by atoms with Crippen molar-refractivity contribution in [3.63, 3.8) is 0 Å². The van der Waals surface area contributed by atoms with Crippen LogP contribution in [-0.4, -0.2) is 48.8 Å². The summed E-state index contributed by atoms with van der Waals surface area (Å²) >= 11 is 0. The summed E-state index contributed by atoms with van der Waals surface area (Å²) < 4.78 is 16.3. The highest BCUT2D eigenvalue weighted by Gasteiger charge is 2.33. The van der Waals surface area contributed by atoms with Gasteiger partial charge in [0.25, 0.3) is 0 Å². The molecule has 1 aliphatic rings. The number of likely N-dealkylation sites (N-methyl/N-ethyl adjacent to an activating group) is 1. The predicted octanol–water partition coefficient (Wildman–Crippen LogP) is 2.86. The number of carbonyl (C=O) groups excluding carboxylic acids is 1. The Morgan fingerprint density at radius 1 is 1.07 bits per heavy atom. The Hall–Kier alpha value is -3.22. The van der Waals surface area contributed by atoms with Gasteiger partial charge >= 0.3 is 5.97 Å². The molecule has 0 saturated heterocycles. The van der Waals surface area contributed by atoms with Crippen molar-refractivity contribution in [2.45, 2.75) is 25.8 Å². The van der Waals surface area contributed by atoms with Gasteiger partial charge in [-0.3, -0.25) is 4.79 Å². The van der Waals surface area contributed by atoms with Crippen LogP contribution in [0.2, 0.25) is 0 Å². The molecule has 0 spiro atoms. The van der Waals surface area contributed by atoms with Gasteiger partial charge in [0, 0.05) is 13.6 Å². The molecule has 1 aliphatic heterocycles. The van der Waals surface area contributed by atoms with Gasteiger partial charge in [0.2, 0.25) is 5.91 Å². The molecule has 1 heterocycles. The third kappa shape index (κ3) is 4.80. The van der Waals surface area contributed by atoms with E-state index in [2.05, 4.69) is 0 Å². The fourth-order valence-electron chi connectivity index (χ4n) is 3.21.